The minimum atomic E-state index is -0.126. The summed E-state index contributed by atoms with van der Waals surface area (Å²) in [7, 11) is 0. The fraction of sp³-hybridized carbons (Fsp3) is 0.562. The molecule has 2 N–H and O–H groups in total. The summed E-state index contributed by atoms with van der Waals surface area (Å²) in [5.74, 6) is 0.184. The molecular formula is C16H21BrN2O. The third kappa shape index (κ3) is 2.91. The Morgan fingerprint density at radius 1 is 1.40 bits per heavy atom. The van der Waals surface area contributed by atoms with Crippen molar-refractivity contribution in [3.8, 4) is 0 Å². The maximum Gasteiger partial charge on any atom is 0.222 e. The van der Waals surface area contributed by atoms with E-state index in [-0.39, 0.29) is 11.4 Å². The normalized spacial score (nSPS) is 24.1. The van der Waals surface area contributed by atoms with Crippen LogP contribution in [-0.2, 0) is 10.3 Å². The van der Waals surface area contributed by atoms with Gasteiger partial charge in [0, 0.05) is 16.9 Å². The zero-order chi connectivity index (χ0) is 14.0. The lowest BCUT2D eigenvalue weighted by Crippen LogP contribution is -2.51. The number of halogens is 1. The van der Waals surface area contributed by atoms with Gasteiger partial charge in [-0.2, -0.15) is 0 Å². The Bertz CT molecular complexity index is 493. The van der Waals surface area contributed by atoms with Crippen molar-refractivity contribution in [2.75, 3.05) is 6.54 Å². The van der Waals surface area contributed by atoms with E-state index in [1.165, 1.54) is 18.4 Å². The first-order valence-electron chi connectivity index (χ1n) is 7.48. The topological polar surface area (TPSA) is 41.1 Å². The first-order chi connectivity index (χ1) is 9.68. The maximum atomic E-state index is 12.3. The van der Waals surface area contributed by atoms with Gasteiger partial charge in [0.15, 0.2) is 0 Å². The molecule has 0 bridgehead atoms. The SMILES string of the molecule is O=C(CC1CCCN1)NC1(c2cccc(Br)c2)CCC1. The molecule has 1 saturated heterocycles. The van der Waals surface area contributed by atoms with Crippen LogP contribution in [-0.4, -0.2) is 18.5 Å². The molecule has 1 atom stereocenters. The van der Waals surface area contributed by atoms with E-state index < -0.39 is 0 Å². The lowest BCUT2D eigenvalue weighted by atomic mass is 9.71. The van der Waals surface area contributed by atoms with Gasteiger partial charge >= 0.3 is 0 Å². The van der Waals surface area contributed by atoms with Crippen LogP contribution in [0.4, 0.5) is 0 Å². The Labute approximate surface area is 128 Å². The number of rotatable bonds is 4. The van der Waals surface area contributed by atoms with Crippen molar-refractivity contribution in [1.29, 1.82) is 0 Å². The molecule has 0 spiro atoms. The Morgan fingerprint density at radius 3 is 2.85 bits per heavy atom. The predicted molar refractivity (Wildman–Crippen MR) is 83.5 cm³/mol. The van der Waals surface area contributed by atoms with Gasteiger partial charge in [0.1, 0.15) is 0 Å². The monoisotopic (exact) mass is 336 g/mol. The Kier molecular flexibility index (Phi) is 4.13. The molecule has 20 heavy (non-hydrogen) atoms. The average molecular weight is 337 g/mol. The molecule has 108 valence electrons. The van der Waals surface area contributed by atoms with E-state index in [9.17, 15) is 4.79 Å². The number of amides is 1. The third-order valence-corrected chi connectivity index (χ3v) is 5.05. The number of carbonyl (C=O) groups excluding carboxylic acids is 1. The molecular weight excluding hydrogens is 316 g/mol. The molecule has 3 rings (SSSR count). The van der Waals surface area contributed by atoms with Gasteiger partial charge < -0.3 is 10.6 Å². The number of nitrogens with one attached hydrogen (secondary N) is 2. The van der Waals surface area contributed by atoms with Gasteiger partial charge in [-0.05, 0) is 56.3 Å². The second-order valence-corrected chi connectivity index (χ2v) is 6.91. The van der Waals surface area contributed by atoms with E-state index in [1.807, 2.05) is 12.1 Å². The second kappa shape index (κ2) is 5.86. The average Bonchev–Trinajstić information content (AvgIpc) is 2.86. The van der Waals surface area contributed by atoms with Gasteiger partial charge in [0.25, 0.3) is 0 Å². The summed E-state index contributed by atoms with van der Waals surface area (Å²) in [6.45, 7) is 1.05. The minimum absolute atomic E-state index is 0.126. The van der Waals surface area contributed by atoms with Gasteiger partial charge in [-0.25, -0.2) is 0 Å². The highest BCUT2D eigenvalue weighted by molar-refractivity contribution is 9.10. The predicted octanol–water partition coefficient (Wildman–Crippen LogP) is 3.09. The third-order valence-electron chi connectivity index (χ3n) is 4.56. The summed E-state index contributed by atoms with van der Waals surface area (Å²) in [6.07, 6.45) is 6.21. The van der Waals surface area contributed by atoms with Crippen LogP contribution in [0.5, 0.6) is 0 Å². The fourth-order valence-electron chi connectivity index (χ4n) is 3.27. The highest BCUT2D eigenvalue weighted by Gasteiger charge is 2.40. The van der Waals surface area contributed by atoms with Gasteiger partial charge in [0.2, 0.25) is 5.91 Å². The Morgan fingerprint density at radius 2 is 2.25 bits per heavy atom. The standard InChI is InChI=1S/C16H21BrN2O/c17-13-5-1-4-12(10-13)16(7-3-8-16)19-15(20)11-14-6-2-9-18-14/h1,4-5,10,14,18H,2-3,6-9,11H2,(H,19,20). The van der Waals surface area contributed by atoms with E-state index in [2.05, 4.69) is 38.7 Å². The van der Waals surface area contributed by atoms with Gasteiger partial charge in [-0.3, -0.25) is 4.79 Å². The van der Waals surface area contributed by atoms with Gasteiger partial charge in [-0.15, -0.1) is 0 Å². The quantitative estimate of drug-likeness (QED) is 0.887. The van der Waals surface area contributed by atoms with E-state index in [1.54, 1.807) is 0 Å². The molecule has 4 heteroatoms. The van der Waals surface area contributed by atoms with Crippen molar-refractivity contribution in [3.63, 3.8) is 0 Å². The summed E-state index contributed by atoms with van der Waals surface area (Å²) >= 11 is 3.52. The molecule has 1 unspecified atom stereocenters. The molecule has 0 radical (unpaired) electrons. The lowest BCUT2D eigenvalue weighted by Gasteiger charge is -2.43. The molecule has 1 aromatic rings. The van der Waals surface area contributed by atoms with Crippen LogP contribution >= 0.6 is 15.9 Å². The van der Waals surface area contributed by atoms with E-state index in [4.69, 9.17) is 0 Å². The van der Waals surface area contributed by atoms with Crippen LogP contribution in [0.2, 0.25) is 0 Å². The van der Waals surface area contributed by atoms with Gasteiger partial charge in [-0.1, -0.05) is 28.1 Å². The molecule has 1 aliphatic carbocycles. The maximum absolute atomic E-state index is 12.3. The van der Waals surface area contributed by atoms with Crippen molar-refractivity contribution in [3.05, 3.63) is 34.3 Å². The van der Waals surface area contributed by atoms with Crippen LogP contribution in [0.15, 0.2) is 28.7 Å². The van der Waals surface area contributed by atoms with E-state index in [0.717, 1.165) is 30.3 Å². The molecule has 1 heterocycles. The summed E-state index contributed by atoms with van der Waals surface area (Å²) in [5, 5.41) is 6.69. The lowest BCUT2D eigenvalue weighted by molar-refractivity contribution is -0.124. The summed E-state index contributed by atoms with van der Waals surface area (Å²) in [5.41, 5.74) is 1.10. The molecule has 3 nitrogen and oxygen atoms in total. The van der Waals surface area contributed by atoms with Gasteiger partial charge in [0.05, 0.1) is 5.54 Å². The van der Waals surface area contributed by atoms with Crippen LogP contribution in [0.3, 0.4) is 0 Å². The minimum Gasteiger partial charge on any atom is -0.347 e. The first kappa shape index (κ1) is 14.1. The van der Waals surface area contributed by atoms with Crippen LogP contribution < -0.4 is 10.6 Å². The number of carbonyl (C=O) groups is 1. The number of hydrogen-bond acceptors (Lipinski definition) is 2. The van der Waals surface area contributed by atoms with Crippen molar-refractivity contribution in [1.82, 2.24) is 10.6 Å². The van der Waals surface area contributed by atoms with E-state index >= 15 is 0 Å². The number of benzene rings is 1. The van der Waals surface area contributed by atoms with Crippen molar-refractivity contribution >= 4 is 21.8 Å². The smallest absolute Gasteiger partial charge is 0.222 e. The summed E-state index contributed by atoms with van der Waals surface area (Å²) < 4.78 is 1.08. The molecule has 2 fully saturated rings. The largest absolute Gasteiger partial charge is 0.347 e. The van der Waals surface area contributed by atoms with Crippen molar-refractivity contribution in [2.24, 2.45) is 0 Å². The van der Waals surface area contributed by atoms with Crippen LogP contribution in [0.1, 0.15) is 44.1 Å². The summed E-state index contributed by atoms with van der Waals surface area (Å²) in [4.78, 5) is 12.3. The molecule has 2 aliphatic rings. The molecule has 1 aromatic carbocycles. The molecule has 1 aliphatic heterocycles. The summed E-state index contributed by atoms with van der Waals surface area (Å²) in [6, 6.07) is 8.70. The highest BCUT2D eigenvalue weighted by atomic mass is 79.9. The zero-order valence-corrected chi connectivity index (χ0v) is 13.2. The highest BCUT2D eigenvalue weighted by Crippen LogP contribution is 2.42. The van der Waals surface area contributed by atoms with Crippen LogP contribution in [0.25, 0.3) is 0 Å². The van der Waals surface area contributed by atoms with Crippen molar-refractivity contribution in [2.45, 2.75) is 50.1 Å². The first-order valence-corrected chi connectivity index (χ1v) is 8.28. The molecule has 0 aromatic heterocycles. The fourth-order valence-corrected chi connectivity index (χ4v) is 3.67. The molecule has 1 saturated carbocycles. The Balaban J connectivity index is 1.68. The van der Waals surface area contributed by atoms with Crippen molar-refractivity contribution < 1.29 is 4.79 Å². The second-order valence-electron chi connectivity index (χ2n) is 5.99. The van der Waals surface area contributed by atoms with E-state index in [0.29, 0.717) is 12.5 Å². The molecule has 1 amide bonds. The van der Waals surface area contributed by atoms with Crippen LogP contribution in [0, 0.1) is 0 Å². The zero-order valence-electron chi connectivity index (χ0n) is 11.6. The number of hydrogen-bond donors (Lipinski definition) is 2. The Hall–Kier alpha value is -0.870.